The van der Waals surface area contributed by atoms with Gasteiger partial charge in [-0.3, -0.25) is 19.5 Å². The third kappa shape index (κ3) is 6.43. The Bertz CT molecular complexity index is 2930. The SMILES string of the molecule is CCCCCCc1nc2c3cccnc3c3c(c2n1-c1ccc(-c2nc(-c4ccccc4)nc(-c4ccc(-c5nccc6ccccc56)cc4)n2)cc1)CCC=N3. The van der Waals surface area contributed by atoms with Crippen molar-refractivity contribution in [2.75, 3.05) is 0 Å². The van der Waals surface area contributed by atoms with Gasteiger partial charge in [-0.15, -0.1) is 0 Å². The van der Waals surface area contributed by atoms with E-state index in [1.54, 1.807) is 0 Å². The average Bonchev–Trinajstić information content (AvgIpc) is 3.68. The van der Waals surface area contributed by atoms with E-state index in [1.807, 2.05) is 61.1 Å². The lowest BCUT2D eigenvalue weighted by atomic mass is 9.99. The first kappa shape index (κ1) is 34.6. The number of fused-ring (bicyclic) bond motifs is 7. The first-order valence-electron chi connectivity index (χ1n) is 19.9. The largest absolute Gasteiger partial charge is 0.296 e. The molecule has 5 heterocycles. The van der Waals surface area contributed by atoms with Crippen molar-refractivity contribution >= 4 is 44.6 Å². The third-order valence-corrected chi connectivity index (χ3v) is 10.9. The molecule has 0 unspecified atom stereocenters. The predicted molar refractivity (Wildman–Crippen MR) is 231 cm³/mol. The summed E-state index contributed by atoms with van der Waals surface area (Å²) in [4.78, 5) is 34.9. The number of unbranched alkanes of at least 4 members (excludes halogenated alkanes) is 3. The Hall–Kier alpha value is -6.93. The molecule has 0 saturated heterocycles. The molecule has 0 bridgehead atoms. The predicted octanol–water partition coefficient (Wildman–Crippen LogP) is 11.7. The highest BCUT2D eigenvalue weighted by atomic mass is 15.1. The lowest BCUT2D eigenvalue weighted by Gasteiger charge is -2.17. The van der Waals surface area contributed by atoms with Gasteiger partial charge in [0.1, 0.15) is 5.82 Å². The smallest absolute Gasteiger partial charge is 0.164 e. The number of aliphatic imine (C=N–C) groups is 1. The van der Waals surface area contributed by atoms with Crippen LogP contribution in [-0.2, 0) is 12.8 Å². The molecule has 10 rings (SSSR count). The number of imidazole rings is 1. The number of pyridine rings is 2. The molecule has 0 spiro atoms. The minimum absolute atomic E-state index is 0.614. The highest BCUT2D eigenvalue weighted by Crippen LogP contribution is 2.41. The number of aryl methyl sites for hydroxylation is 2. The van der Waals surface area contributed by atoms with Crippen LogP contribution in [0.3, 0.4) is 0 Å². The maximum absolute atomic E-state index is 5.37. The summed E-state index contributed by atoms with van der Waals surface area (Å²) in [5.41, 5.74) is 11.0. The molecule has 1 aliphatic rings. The monoisotopic (exact) mass is 740 g/mol. The maximum Gasteiger partial charge on any atom is 0.164 e. The topological polar surface area (TPSA) is 94.6 Å². The zero-order chi connectivity index (χ0) is 38.1. The molecule has 0 amide bonds. The lowest BCUT2D eigenvalue weighted by molar-refractivity contribution is 0.649. The van der Waals surface area contributed by atoms with Gasteiger partial charge in [0.2, 0.25) is 0 Å². The Balaban J connectivity index is 1.07. The number of benzene rings is 5. The molecule has 1 aliphatic heterocycles. The third-order valence-electron chi connectivity index (χ3n) is 10.9. The summed E-state index contributed by atoms with van der Waals surface area (Å²) in [7, 11) is 0. The number of hydrogen-bond acceptors (Lipinski definition) is 7. The summed E-state index contributed by atoms with van der Waals surface area (Å²) >= 11 is 0. The molecule has 0 radical (unpaired) electrons. The fourth-order valence-electron chi connectivity index (χ4n) is 8.11. The van der Waals surface area contributed by atoms with E-state index < -0.39 is 0 Å². The van der Waals surface area contributed by atoms with E-state index in [-0.39, 0.29) is 0 Å². The number of hydrogen-bond donors (Lipinski definition) is 0. The second-order valence-electron chi connectivity index (χ2n) is 14.6. The Morgan fingerprint density at radius 2 is 1.25 bits per heavy atom. The Labute approximate surface area is 331 Å². The van der Waals surface area contributed by atoms with Gasteiger partial charge in [-0.25, -0.2) is 19.9 Å². The molecule has 9 aromatic rings. The van der Waals surface area contributed by atoms with Gasteiger partial charge in [-0.1, -0.05) is 105 Å². The van der Waals surface area contributed by atoms with Crippen molar-refractivity contribution < 1.29 is 0 Å². The normalized spacial score (nSPS) is 12.4. The summed E-state index contributed by atoms with van der Waals surface area (Å²) in [5.74, 6) is 2.92. The van der Waals surface area contributed by atoms with Crippen LogP contribution in [0.25, 0.3) is 83.8 Å². The molecule has 0 N–H and O–H groups in total. The molecule has 0 saturated carbocycles. The van der Waals surface area contributed by atoms with Crippen molar-refractivity contribution in [2.24, 2.45) is 4.99 Å². The van der Waals surface area contributed by atoms with E-state index in [4.69, 9.17) is 34.9 Å². The first-order chi connectivity index (χ1) is 28.2. The van der Waals surface area contributed by atoms with Crippen LogP contribution in [0.4, 0.5) is 5.69 Å². The average molecular weight is 741 g/mol. The summed E-state index contributed by atoms with van der Waals surface area (Å²) < 4.78 is 2.37. The molecule has 0 fully saturated rings. The van der Waals surface area contributed by atoms with E-state index in [2.05, 4.69) is 90.4 Å². The van der Waals surface area contributed by atoms with Gasteiger partial charge in [-0.05, 0) is 67.1 Å². The number of rotatable bonds is 10. The van der Waals surface area contributed by atoms with Gasteiger partial charge in [0.25, 0.3) is 0 Å². The van der Waals surface area contributed by atoms with Crippen molar-refractivity contribution in [3.8, 4) is 51.1 Å². The fraction of sp³-hybridized carbons (Fsp3) is 0.163. The number of aromatic nitrogens is 7. The summed E-state index contributed by atoms with van der Waals surface area (Å²) in [5, 5.41) is 3.33. The van der Waals surface area contributed by atoms with Gasteiger partial charge in [0, 0.05) is 69.3 Å². The van der Waals surface area contributed by atoms with Crippen LogP contribution in [0.2, 0.25) is 0 Å². The van der Waals surface area contributed by atoms with E-state index >= 15 is 0 Å². The minimum atomic E-state index is 0.614. The van der Waals surface area contributed by atoms with E-state index in [1.165, 1.54) is 24.8 Å². The van der Waals surface area contributed by atoms with Gasteiger partial charge < -0.3 is 0 Å². The second-order valence-corrected chi connectivity index (χ2v) is 14.6. The maximum atomic E-state index is 5.37. The van der Waals surface area contributed by atoms with Crippen LogP contribution in [0.15, 0.2) is 139 Å². The fourth-order valence-corrected chi connectivity index (χ4v) is 8.11. The molecule has 0 atom stereocenters. The molecule has 0 aliphatic carbocycles. The Morgan fingerprint density at radius 1 is 0.561 bits per heavy atom. The van der Waals surface area contributed by atoms with E-state index in [0.717, 1.165) is 104 Å². The van der Waals surface area contributed by atoms with Crippen molar-refractivity contribution in [1.29, 1.82) is 0 Å². The molecule has 4 aromatic heterocycles. The number of nitrogens with zero attached hydrogens (tertiary/aromatic N) is 8. The second kappa shape index (κ2) is 15.0. The molecule has 8 nitrogen and oxygen atoms in total. The van der Waals surface area contributed by atoms with Gasteiger partial charge in [0.05, 0.1) is 27.9 Å². The Morgan fingerprint density at radius 3 is 2.02 bits per heavy atom. The van der Waals surface area contributed by atoms with Gasteiger partial charge in [0.15, 0.2) is 17.5 Å². The molecular weight excluding hydrogens is 701 g/mol. The van der Waals surface area contributed by atoms with Gasteiger partial charge >= 0.3 is 0 Å². The van der Waals surface area contributed by atoms with Gasteiger partial charge in [-0.2, -0.15) is 0 Å². The van der Waals surface area contributed by atoms with E-state index in [0.29, 0.717) is 17.5 Å². The summed E-state index contributed by atoms with van der Waals surface area (Å²) in [6.45, 7) is 2.25. The van der Waals surface area contributed by atoms with Crippen LogP contribution in [0.1, 0.15) is 50.4 Å². The highest BCUT2D eigenvalue weighted by molar-refractivity contribution is 6.11. The van der Waals surface area contributed by atoms with E-state index in [9.17, 15) is 0 Å². The van der Waals surface area contributed by atoms with Crippen LogP contribution in [0, 0.1) is 0 Å². The van der Waals surface area contributed by atoms with Crippen molar-refractivity contribution in [1.82, 2.24) is 34.5 Å². The quantitative estimate of drug-likeness (QED) is 0.130. The van der Waals surface area contributed by atoms with Crippen LogP contribution >= 0.6 is 0 Å². The summed E-state index contributed by atoms with van der Waals surface area (Å²) in [6.07, 6.45) is 13.1. The molecule has 5 aromatic carbocycles. The zero-order valence-electron chi connectivity index (χ0n) is 31.8. The molecular formula is C49H40N8. The van der Waals surface area contributed by atoms with Crippen LogP contribution < -0.4 is 0 Å². The van der Waals surface area contributed by atoms with Crippen LogP contribution in [0.5, 0.6) is 0 Å². The standard InChI is InChI=1S/C49H40N8/c1-2-3-4-8-19-41-53-45-39-17-11-29-50-43(39)44-40(18-12-30-51-44)46(45)57(41)37-26-24-36(25-27-37)49-55-47(34-14-6-5-7-15-34)54-48(56-49)35-22-20-33(21-23-35)42-38-16-10-9-13-32(38)28-31-52-42/h5-7,9-11,13-17,20-31H,2-4,8,12,18-19H2,1H3. The molecule has 8 heteroatoms. The van der Waals surface area contributed by atoms with Crippen LogP contribution in [-0.4, -0.2) is 40.7 Å². The van der Waals surface area contributed by atoms with Crippen molar-refractivity contribution in [3.05, 3.63) is 145 Å². The lowest BCUT2D eigenvalue weighted by Crippen LogP contribution is -2.05. The first-order valence-corrected chi connectivity index (χ1v) is 19.9. The Kier molecular flexibility index (Phi) is 9.07. The zero-order valence-corrected chi connectivity index (χ0v) is 31.8. The molecule has 57 heavy (non-hydrogen) atoms. The minimum Gasteiger partial charge on any atom is -0.296 e. The van der Waals surface area contributed by atoms with Crippen molar-refractivity contribution in [3.63, 3.8) is 0 Å². The highest BCUT2D eigenvalue weighted by Gasteiger charge is 2.24. The van der Waals surface area contributed by atoms with Crippen molar-refractivity contribution in [2.45, 2.75) is 51.9 Å². The molecule has 276 valence electrons. The summed E-state index contributed by atoms with van der Waals surface area (Å²) in [6, 6.07) is 41.6.